The van der Waals surface area contributed by atoms with E-state index in [1.807, 2.05) is 6.07 Å². The van der Waals surface area contributed by atoms with Crippen LogP contribution in [0.4, 0.5) is 5.69 Å². The molecule has 0 amide bonds. The van der Waals surface area contributed by atoms with Crippen LogP contribution in [0, 0.1) is 10.1 Å². The molecule has 0 bridgehead atoms. The summed E-state index contributed by atoms with van der Waals surface area (Å²) in [4.78, 5) is 11.4. The Labute approximate surface area is 85.6 Å². The fourth-order valence-corrected chi connectivity index (χ4v) is 2.81. The van der Waals surface area contributed by atoms with Gasteiger partial charge in [0, 0.05) is 17.0 Å². The molecule has 0 fully saturated rings. The number of hydrogen-bond acceptors (Lipinski definition) is 4. The van der Waals surface area contributed by atoms with E-state index in [0.717, 1.165) is 17.1 Å². The Morgan fingerprint density at radius 2 is 2.36 bits per heavy atom. The topological polar surface area (TPSA) is 69.2 Å². The molecule has 5 heteroatoms. The number of hydrogen-bond donors (Lipinski definition) is 1. The van der Waals surface area contributed by atoms with E-state index < -0.39 is 0 Å². The van der Waals surface area contributed by atoms with Crippen LogP contribution in [0.5, 0.6) is 0 Å². The normalized spacial score (nSPS) is 20.2. The number of nitrogens with two attached hydrogens (primary N) is 1. The largest absolute Gasteiger partial charge is 0.324 e. The highest BCUT2D eigenvalue weighted by atomic mass is 32.2. The zero-order valence-corrected chi connectivity index (χ0v) is 8.29. The minimum absolute atomic E-state index is 0.155. The summed E-state index contributed by atoms with van der Waals surface area (Å²) in [5, 5.41) is 10.8. The van der Waals surface area contributed by atoms with Crippen LogP contribution in [0.1, 0.15) is 18.0 Å². The van der Waals surface area contributed by atoms with Gasteiger partial charge in [-0.2, -0.15) is 0 Å². The monoisotopic (exact) mass is 210 g/mol. The summed E-state index contributed by atoms with van der Waals surface area (Å²) in [7, 11) is 0. The van der Waals surface area contributed by atoms with Crippen molar-refractivity contribution in [3.05, 3.63) is 33.9 Å². The maximum atomic E-state index is 10.8. The van der Waals surface area contributed by atoms with Gasteiger partial charge in [0.1, 0.15) is 0 Å². The van der Waals surface area contributed by atoms with Crippen molar-refractivity contribution in [2.24, 2.45) is 5.73 Å². The first-order chi connectivity index (χ1) is 6.70. The summed E-state index contributed by atoms with van der Waals surface area (Å²) in [6.45, 7) is 0. The number of nitro benzene ring substituents is 1. The molecule has 4 nitrogen and oxygen atoms in total. The fraction of sp³-hybridized carbons (Fsp3) is 0.333. The van der Waals surface area contributed by atoms with Crippen LogP contribution >= 0.6 is 11.8 Å². The first-order valence-corrected chi connectivity index (χ1v) is 5.34. The molecule has 0 radical (unpaired) electrons. The van der Waals surface area contributed by atoms with Gasteiger partial charge in [-0.05, 0) is 18.2 Å². The van der Waals surface area contributed by atoms with Crippen LogP contribution in [-0.2, 0) is 0 Å². The second-order valence-electron chi connectivity index (χ2n) is 3.19. The predicted molar refractivity (Wildman–Crippen MR) is 55.4 cm³/mol. The lowest BCUT2D eigenvalue weighted by atomic mass is 10.0. The van der Waals surface area contributed by atoms with Crippen molar-refractivity contribution in [2.45, 2.75) is 17.4 Å². The molecule has 1 atom stereocenters. The average Bonchev–Trinajstić information content (AvgIpc) is 2.17. The lowest BCUT2D eigenvalue weighted by Crippen LogP contribution is -2.17. The predicted octanol–water partition coefficient (Wildman–Crippen LogP) is 2.09. The van der Waals surface area contributed by atoms with E-state index >= 15 is 0 Å². The van der Waals surface area contributed by atoms with Gasteiger partial charge in [0.15, 0.2) is 0 Å². The molecule has 1 aromatic carbocycles. The van der Waals surface area contributed by atoms with Crippen molar-refractivity contribution < 1.29 is 4.92 Å². The Bertz CT molecular complexity index is 381. The van der Waals surface area contributed by atoms with Crippen LogP contribution in [0.25, 0.3) is 0 Å². The Balaban J connectivity index is 2.57. The molecular formula is C9H10N2O2S. The smallest absolute Gasteiger partial charge is 0.275 e. The number of rotatable bonds is 1. The van der Waals surface area contributed by atoms with E-state index in [0.29, 0.717) is 5.56 Å². The average molecular weight is 210 g/mol. The van der Waals surface area contributed by atoms with Crippen LogP contribution in [0.3, 0.4) is 0 Å². The third-order valence-corrected chi connectivity index (χ3v) is 3.40. The highest BCUT2D eigenvalue weighted by molar-refractivity contribution is 7.99. The lowest BCUT2D eigenvalue weighted by Gasteiger charge is -2.20. The Kier molecular flexibility index (Phi) is 2.43. The van der Waals surface area contributed by atoms with Crippen LogP contribution in [0.2, 0.25) is 0 Å². The molecule has 0 saturated heterocycles. The van der Waals surface area contributed by atoms with E-state index in [9.17, 15) is 10.1 Å². The number of thioether (sulfide) groups is 1. The van der Waals surface area contributed by atoms with Crippen LogP contribution < -0.4 is 5.73 Å². The highest BCUT2D eigenvalue weighted by Crippen LogP contribution is 2.39. The lowest BCUT2D eigenvalue weighted by molar-refractivity contribution is -0.386. The molecule has 1 aromatic rings. The maximum Gasteiger partial charge on any atom is 0.275 e. The summed E-state index contributed by atoms with van der Waals surface area (Å²) in [5.74, 6) is 0.940. The van der Waals surface area contributed by atoms with Gasteiger partial charge in [-0.15, -0.1) is 11.8 Å². The third kappa shape index (κ3) is 1.49. The molecule has 1 heterocycles. The van der Waals surface area contributed by atoms with E-state index in [4.69, 9.17) is 5.73 Å². The standard InChI is InChI=1S/C9H10N2O2S/c10-6-4-5-14-8-3-1-2-7(9(6)8)11(12)13/h1-3,6H,4-5,10H2. The minimum Gasteiger partial charge on any atom is -0.324 e. The van der Waals surface area contributed by atoms with Gasteiger partial charge in [-0.3, -0.25) is 10.1 Å². The molecule has 1 aliphatic rings. The van der Waals surface area contributed by atoms with Crippen molar-refractivity contribution in [3.63, 3.8) is 0 Å². The van der Waals surface area contributed by atoms with Gasteiger partial charge in [-0.25, -0.2) is 0 Å². The van der Waals surface area contributed by atoms with Crippen molar-refractivity contribution in [3.8, 4) is 0 Å². The summed E-state index contributed by atoms with van der Waals surface area (Å²) in [6, 6.07) is 4.94. The second-order valence-corrected chi connectivity index (χ2v) is 4.33. The van der Waals surface area contributed by atoms with E-state index in [2.05, 4.69) is 0 Å². The van der Waals surface area contributed by atoms with Crippen molar-refractivity contribution >= 4 is 17.4 Å². The molecule has 0 aromatic heterocycles. The number of nitro groups is 1. The molecule has 0 spiro atoms. The molecule has 2 N–H and O–H groups in total. The first-order valence-electron chi connectivity index (χ1n) is 4.36. The van der Waals surface area contributed by atoms with Gasteiger partial charge < -0.3 is 5.73 Å². The van der Waals surface area contributed by atoms with Crippen molar-refractivity contribution in [2.75, 3.05) is 5.75 Å². The molecule has 0 saturated carbocycles. The van der Waals surface area contributed by atoms with Gasteiger partial charge in [0.05, 0.1) is 10.5 Å². The van der Waals surface area contributed by atoms with E-state index in [-0.39, 0.29) is 16.7 Å². The molecule has 0 aliphatic carbocycles. The molecule has 14 heavy (non-hydrogen) atoms. The Morgan fingerprint density at radius 3 is 3.07 bits per heavy atom. The summed E-state index contributed by atoms with van der Waals surface area (Å²) < 4.78 is 0. The number of fused-ring (bicyclic) bond motifs is 1. The minimum atomic E-state index is -0.357. The Hall–Kier alpha value is -1.07. The van der Waals surface area contributed by atoms with Crippen molar-refractivity contribution in [1.82, 2.24) is 0 Å². The Morgan fingerprint density at radius 1 is 1.57 bits per heavy atom. The summed E-state index contributed by atoms with van der Waals surface area (Å²) >= 11 is 1.64. The fourth-order valence-electron chi connectivity index (χ4n) is 1.63. The van der Waals surface area contributed by atoms with E-state index in [1.54, 1.807) is 17.8 Å². The summed E-state index contributed by atoms with van der Waals surface area (Å²) in [6.07, 6.45) is 0.808. The number of benzene rings is 1. The van der Waals surface area contributed by atoms with Crippen molar-refractivity contribution in [1.29, 1.82) is 0 Å². The number of nitrogens with zero attached hydrogens (tertiary/aromatic N) is 1. The zero-order valence-electron chi connectivity index (χ0n) is 7.47. The first kappa shape index (κ1) is 9.48. The van der Waals surface area contributed by atoms with Gasteiger partial charge >= 0.3 is 0 Å². The van der Waals surface area contributed by atoms with Crippen LogP contribution in [-0.4, -0.2) is 10.7 Å². The quantitative estimate of drug-likeness (QED) is 0.569. The molecule has 1 unspecified atom stereocenters. The molecular weight excluding hydrogens is 200 g/mol. The molecule has 1 aliphatic heterocycles. The van der Waals surface area contributed by atoms with Crippen LogP contribution in [0.15, 0.2) is 23.1 Å². The SMILES string of the molecule is NC1CCSc2cccc([N+](=O)[O-])c21. The molecule has 2 rings (SSSR count). The van der Waals surface area contributed by atoms with Gasteiger partial charge in [0.25, 0.3) is 5.69 Å². The third-order valence-electron chi connectivity index (χ3n) is 2.30. The van der Waals surface area contributed by atoms with Gasteiger partial charge in [0.2, 0.25) is 0 Å². The zero-order chi connectivity index (χ0) is 10.1. The maximum absolute atomic E-state index is 10.8. The highest BCUT2D eigenvalue weighted by Gasteiger charge is 2.25. The second kappa shape index (κ2) is 3.59. The van der Waals surface area contributed by atoms with E-state index in [1.165, 1.54) is 6.07 Å². The van der Waals surface area contributed by atoms with Gasteiger partial charge in [-0.1, -0.05) is 6.07 Å². The molecule has 74 valence electrons. The summed E-state index contributed by atoms with van der Waals surface area (Å²) in [5.41, 5.74) is 6.72.